The highest BCUT2D eigenvalue weighted by atomic mass is 19.1. The first kappa shape index (κ1) is 26.3. The molecule has 0 aromatic heterocycles. The van der Waals surface area contributed by atoms with Crippen LogP contribution in [0.1, 0.15) is 40.1 Å². The van der Waals surface area contributed by atoms with E-state index >= 15 is 0 Å². The van der Waals surface area contributed by atoms with E-state index in [9.17, 15) is 23.2 Å². The van der Waals surface area contributed by atoms with Gasteiger partial charge in [0.05, 0.1) is 12.2 Å². The third-order valence-electron chi connectivity index (χ3n) is 5.02. The third-order valence-corrected chi connectivity index (χ3v) is 5.02. The van der Waals surface area contributed by atoms with Crippen LogP contribution in [-0.2, 0) is 16.1 Å². The Morgan fingerprint density at radius 2 is 1.58 bits per heavy atom. The van der Waals surface area contributed by atoms with Crippen molar-refractivity contribution in [2.45, 2.75) is 20.5 Å². The fraction of sp³-hybridized carbons (Fsp3) is 0.222. The van der Waals surface area contributed by atoms with Crippen LogP contribution in [0.5, 0.6) is 5.75 Å². The van der Waals surface area contributed by atoms with E-state index in [1.165, 1.54) is 24.3 Å². The van der Waals surface area contributed by atoms with Gasteiger partial charge in [-0.3, -0.25) is 14.5 Å². The number of rotatable bonds is 10. The van der Waals surface area contributed by atoms with Crippen molar-refractivity contribution in [1.29, 1.82) is 0 Å². The quantitative estimate of drug-likeness (QED) is 0.393. The van der Waals surface area contributed by atoms with E-state index in [0.717, 1.165) is 23.1 Å². The highest BCUT2D eigenvalue weighted by Gasteiger charge is 2.27. The monoisotopic (exact) mass is 497 g/mol. The molecule has 0 heterocycles. The Morgan fingerprint density at radius 1 is 0.944 bits per heavy atom. The van der Waals surface area contributed by atoms with E-state index in [1.807, 2.05) is 13.8 Å². The number of esters is 1. The topological polar surface area (TPSA) is 93.1 Å². The van der Waals surface area contributed by atoms with Gasteiger partial charge < -0.3 is 14.6 Å². The lowest BCUT2D eigenvalue weighted by Crippen LogP contribution is -2.38. The van der Waals surface area contributed by atoms with E-state index in [-0.39, 0.29) is 30.4 Å². The number of carboxylic acids is 1. The van der Waals surface area contributed by atoms with Crippen LogP contribution in [0.2, 0.25) is 0 Å². The Hall–Kier alpha value is -4.27. The van der Waals surface area contributed by atoms with Crippen molar-refractivity contribution < 1.29 is 37.7 Å². The number of carbonyl (C=O) groups is 3. The van der Waals surface area contributed by atoms with Crippen molar-refractivity contribution in [3.63, 3.8) is 0 Å². The second kappa shape index (κ2) is 11.9. The van der Waals surface area contributed by atoms with Gasteiger partial charge in [-0.2, -0.15) is 0 Å². The van der Waals surface area contributed by atoms with E-state index in [0.29, 0.717) is 11.3 Å². The summed E-state index contributed by atoms with van der Waals surface area (Å²) in [5, 5.41) is 9.01. The first-order valence-corrected chi connectivity index (χ1v) is 11.1. The number of anilines is 1. The molecule has 0 fully saturated rings. The Balaban J connectivity index is 1.85. The number of halogens is 2. The minimum Gasteiger partial charge on any atom is -0.489 e. The average molecular weight is 497 g/mol. The Kier molecular flexibility index (Phi) is 8.72. The molecule has 0 aliphatic rings. The summed E-state index contributed by atoms with van der Waals surface area (Å²) in [6.45, 7) is 3.34. The number of ether oxygens (including phenoxy) is 2. The molecular weight excluding hydrogens is 472 g/mol. The molecule has 3 aromatic rings. The first-order chi connectivity index (χ1) is 17.2. The van der Waals surface area contributed by atoms with Crippen molar-refractivity contribution in [2.24, 2.45) is 5.92 Å². The van der Waals surface area contributed by atoms with E-state index in [1.54, 1.807) is 24.3 Å². The van der Waals surface area contributed by atoms with Crippen LogP contribution < -0.4 is 9.64 Å². The summed E-state index contributed by atoms with van der Waals surface area (Å²) >= 11 is 0. The molecule has 9 heteroatoms. The smallest absolute Gasteiger partial charge is 0.335 e. The summed E-state index contributed by atoms with van der Waals surface area (Å²) in [5.41, 5.74) is 0.213. The lowest BCUT2D eigenvalue weighted by atomic mass is 10.1. The summed E-state index contributed by atoms with van der Waals surface area (Å²) < 4.78 is 39.7. The lowest BCUT2D eigenvalue weighted by Gasteiger charge is -2.23. The Labute approximate surface area is 206 Å². The molecule has 36 heavy (non-hydrogen) atoms. The number of hydrogen-bond acceptors (Lipinski definition) is 5. The summed E-state index contributed by atoms with van der Waals surface area (Å²) in [4.78, 5) is 37.5. The second-order valence-electron chi connectivity index (χ2n) is 8.35. The van der Waals surface area contributed by atoms with Gasteiger partial charge in [-0.05, 0) is 47.9 Å². The maximum Gasteiger partial charge on any atom is 0.335 e. The fourth-order valence-corrected chi connectivity index (χ4v) is 3.20. The molecule has 7 nitrogen and oxygen atoms in total. The van der Waals surface area contributed by atoms with Crippen LogP contribution >= 0.6 is 0 Å². The van der Waals surface area contributed by atoms with Crippen LogP contribution in [-0.4, -0.2) is 36.1 Å². The number of carbonyl (C=O) groups excluding carboxylic acids is 2. The minimum absolute atomic E-state index is 0.0587. The molecular formula is C27H25F2NO6. The molecule has 0 spiro atoms. The van der Waals surface area contributed by atoms with Gasteiger partial charge >= 0.3 is 11.9 Å². The van der Waals surface area contributed by atoms with Gasteiger partial charge in [-0.1, -0.05) is 38.1 Å². The maximum absolute atomic E-state index is 14.4. The zero-order valence-corrected chi connectivity index (χ0v) is 19.7. The summed E-state index contributed by atoms with van der Waals surface area (Å²) in [7, 11) is 0. The molecule has 0 unspecified atom stereocenters. The van der Waals surface area contributed by atoms with E-state index in [2.05, 4.69) is 0 Å². The molecule has 1 N–H and O–H groups in total. The van der Waals surface area contributed by atoms with Crippen molar-refractivity contribution in [1.82, 2.24) is 0 Å². The van der Waals surface area contributed by atoms with Gasteiger partial charge in [0, 0.05) is 11.8 Å². The molecule has 3 rings (SSSR count). The van der Waals surface area contributed by atoms with E-state index < -0.39 is 41.6 Å². The number of nitrogens with zero attached hydrogens (tertiary/aromatic N) is 1. The van der Waals surface area contributed by atoms with Gasteiger partial charge in [-0.15, -0.1) is 0 Å². The van der Waals surface area contributed by atoms with Crippen molar-refractivity contribution in [3.8, 4) is 5.75 Å². The largest absolute Gasteiger partial charge is 0.489 e. The number of hydrogen-bond donors (Lipinski definition) is 1. The maximum atomic E-state index is 14.4. The number of carboxylic acid groups (broad SMARTS) is 1. The Morgan fingerprint density at radius 3 is 2.19 bits per heavy atom. The molecule has 1 amide bonds. The van der Waals surface area contributed by atoms with Gasteiger partial charge in [0.25, 0.3) is 5.91 Å². The van der Waals surface area contributed by atoms with Crippen LogP contribution in [0.3, 0.4) is 0 Å². The van der Waals surface area contributed by atoms with Crippen LogP contribution in [0.15, 0.2) is 66.7 Å². The average Bonchev–Trinajstić information content (AvgIpc) is 2.85. The molecule has 188 valence electrons. The molecule has 0 saturated carbocycles. The zero-order valence-electron chi connectivity index (χ0n) is 19.7. The fourth-order valence-electron chi connectivity index (χ4n) is 3.20. The number of amides is 1. The first-order valence-electron chi connectivity index (χ1n) is 11.1. The normalized spacial score (nSPS) is 10.7. The van der Waals surface area contributed by atoms with Crippen molar-refractivity contribution in [2.75, 3.05) is 18.1 Å². The second-order valence-corrected chi connectivity index (χ2v) is 8.35. The SMILES string of the molecule is CC(C)COC(=O)CN(C(=O)c1c(F)cccc1F)c1cccc(OCc2ccc(C(=O)O)cc2)c1. The summed E-state index contributed by atoms with van der Waals surface area (Å²) in [6, 6.07) is 15.3. The molecule has 3 aromatic carbocycles. The van der Waals surface area contributed by atoms with Crippen LogP contribution in [0, 0.1) is 17.6 Å². The number of benzene rings is 3. The third kappa shape index (κ3) is 6.88. The molecule has 0 bridgehead atoms. The van der Waals surface area contributed by atoms with Gasteiger partial charge in [-0.25, -0.2) is 13.6 Å². The zero-order chi connectivity index (χ0) is 26.2. The predicted octanol–water partition coefficient (Wildman–Crippen LogP) is 5.09. The molecule has 0 saturated heterocycles. The summed E-state index contributed by atoms with van der Waals surface area (Å²) in [5.74, 6) is -4.57. The van der Waals surface area contributed by atoms with Gasteiger partial charge in [0.15, 0.2) is 0 Å². The summed E-state index contributed by atoms with van der Waals surface area (Å²) in [6.07, 6.45) is 0. The highest BCUT2D eigenvalue weighted by Crippen LogP contribution is 2.25. The predicted molar refractivity (Wildman–Crippen MR) is 128 cm³/mol. The number of aromatic carboxylic acids is 1. The van der Waals surface area contributed by atoms with Crippen molar-refractivity contribution >= 4 is 23.5 Å². The standard InChI is InChI=1S/C27H25F2NO6/c1-17(2)15-36-24(31)14-30(26(32)25-22(28)7-4-8-23(25)29)20-5-3-6-21(13-20)35-16-18-9-11-19(12-10-18)27(33)34/h3-13,17H,14-16H2,1-2H3,(H,33,34). The molecule has 0 aliphatic heterocycles. The van der Waals surface area contributed by atoms with Crippen molar-refractivity contribution in [3.05, 3.63) is 95.1 Å². The van der Waals surface area contributed by atoms with Gasteiger partial charge in [0.1, 0.15) is 36.1 Å². The van der Waals surface area contributed by atoms with Gasteiger partial charge in [0.2, 0.25) is 0 Å². The molecule has 0 aliphatic carbocycles. The highest BCUT2D eigenvalue weighted by molar-refractivity contribution is 6.08. The minimum atomic E-state index is -1.06. The lowest BCUT2D eigenvalue weighted by molar-refractivity contribution is -0.142. The molecule has 0 radical (unpaired) electrons. The Bertz CT molecular complexity index is 1220. The van der Waals surface area contributed by atoms with E-state index in [4.69, 9.17) is 14.6 Å². The van der Waals surface area contributed by atoms with Crippen LogP contribution in [0.25, 0.3) is 0 Å². The van der Waals surface area contributed by atoms with Crippen LogP contribution in [0.4, 0.5) is 14.5 Å². The molecule has 0 atom stereocenters.